The Balaban J connectivity index is 0.000000559. The zero-order valence-electron chi connectivity index (χ0n) is 22.6. The van der Waals surface area contributed by atoms with Gasteiger partial charge in [-0.15, -0.1) is 0 Å². The number of alkyl halides is 3. The molecule has 0 unspecified atom stereocenters. The number of carboxylic acid groups (broad SMARTS) is 1. The van der Waals surface area contributed by atoms with Gasteiger partial charge in [-0.3, -0.25) is 9.10 Å². The molecule has 0 aliphatic carbocycles. The van der Waals surface area contributed by atoms with Crippen molar-refractivity contribution in [1.82, 2.24) is 0 Å². The number of ether oxygens (including phenoxy) is 3. The third-order valence-electron chi connectivity index (χ3n) is 5.88. The van der Waals surface area contributed by atoms with Gasteiger partial charge in [-0.25, -0.2) is 8.42 Å². The minimum atomic E-state index is -4.66. The average molecular weight is 582 g/mol. The predicted octanol–water partition coefficient (Wildman–Crippen LogP) is 6.09. The highest BCUT2D eigenvalue weighted by Crippen LogP contribution is 2.43. The molecule has 0 saturated carbocycles. The topological polar surface area (TPSA) is 102 Å². The van der Waals surface area contributed by atoms with Gasteiger partial charge in [-0.2, -0.15) is 13.2 Å². The molecule has 3 aromatic carbocycles. The maximum Gasteiger partial charge on any atom is 0.416 e. The number of aliphatic carboxylic acids is 1. The lowest BCUT2D eigenvalue weighted by molar-refractivity contribution is -0.145. The van der Waals surface area contributed by atoms with Crippen LogP contribution in [0.4, 0.5) is 18.9 Å². The standard InChI is InChI=1S/C23H20F3NO5S.C5H10O2/c1-30-21-8-4-7-18(22(21)31-2)15-9-10-20-19(13-15)27(11-12-32-20)33(28,29)17-6-3-5-16(14-17)23(24,25)26;1-5(2,3)4(6)7/h3-10,13-14H,11-12H2,1-2H3;1-3H3,(H,6,7). The van der Waals surface area contributed by atoms with Crippen LogP contribution in [-0.4, -0.2) is 46.9 Å². The second-order valence-corrected chi connectivity index (χ2v) is 11.6. The third-order valence-corrected chi connectivity index (χ3v) is 7.69. The van der Waals surface area contributed by atoms with Crippen molar-refractivity contribution in [3.63, 3.8) is 0 Å². The van der Waals surface area contributed by atoms with E-state index in [0.717, 1.165) is 22.5 Å². The van der Waals surface area contributed by atoms with Crippen LogP contribution in [0.1, 0.15) is 26.3 Å². The summed E-state index contributed by atoms with van der Waals surface area (Å²) in [5.41, 5.74) is -0.117. The van der Waals surface area contributed by atoms with Crippen LogP contribution >= 0.6 is 0 Å². The van der Waals surface area contributed by atoms with Crippen LogP contribution in [0, 0.1) is 5.41 Å². The number of hydrogen-bond acceptors (Lipinski definition) is 6. The van der Waals surface area contributed by atoms with Crippen molar-refractivity contribution in [2.75, 3.05) is 31.7 Å². The van der Waals surface area contributed by atoms with E-state index in [4.69, 9.17) is 19.3 Å². The number of methoxy groups -OCH3 is 2. The number of nitrogens with zero attached hydrogens (tertiary/aromatic N) is 1. The zero-order chi connectivity index (χ0) is 29.9. The fraction of sp³-hybridized carbons (Fsp3) is 0.321. The summed E-state index contributed by atoms with van der Waals surface area (Å²) >= 11 is 0. The molecular formula is C28H30F3NO7S. The van der Waals surface area contributed by atoms with Crippen molar-refractivity contribution in [1.29, 1.82) is 0 Å². The van der Waals surface area contributed by atoms with Crippen molar-refractivity contribution in [2.24, 2.45) is 5.41 Å². The fourth-order valence-corrected chi connectivity index (χ4v) is 5.18. The third kappa shape index (κ3) is 6.61. The van der Waals surface area contributed by atoms with Crippen LogP contribution in [0.5, 0.6) is 17.2 Å². The van der Waals surface area contributed by atoms with Crippen molar-refractivity contribution in [3.8, 4) is 28.4 Å². The predicted molar refractivity (Wildman–Crippen MR) is 144 cm³/mol. The van der Waals surface area contributed by atoms with E-state index >= 15 is 0 Å². The molecule has 3 aromatic rings. The summed E-state index contributed by atoms with van der Waals surface area (Å²) in [6.45, 7) is 5.00. The molecule has 0 fully saturated rings. The smallest absolute Gasteiger partial charge is 0.416 e. The van der Waals surface area contributed by atoms with Crippen molar-refractivity contribution >= 4 is 21.7 Å². The normalized spacial score (nSPS) is 13.3. The summed E-state index contributed by atoms with van der Waals surface area (Å²) in [5, 5.41) is 8.25. The summed E-state index contributed by atoms with van der Waals surface area (Å²) in [7, 11) is -1.29. The fourth-order valence-electron chi connectivity index (χ4n) is 3.69. The summed E-state index contributed by atoms with van der Waals surface area (Å²) < 4.78 is 83.7. The van der Waals surface area contributed by atoms with Crippen LogP contribution in [0.25, 0.3) is 11.1 Å². The lowest BCUT2D eigenvalue weighted by atomic mass is 9.98. The number of para-hydroxylation sites is 1. The first-order chi connectivity index (χ1) is 18.6. The molecule has 12 heteroatoms. The first-order valence-corrected chi connectivity index (χ1v) is 13.5. The Morgan fingerprint density at radius 2 is 1.62 bits per heavy atom. The lowest BCUT2D eigenvalue weighted by Crippen LogP contribution is -2.38. The first kappa shape index (κ1) is 30.6. The van der Waals surface area contributed by atoms with Gasteiger partial charge in [0, 0.05) is 5.56 Å². The first-order valence-electron chi connectivity index (χ1n) is 12.0. The van der Waals surface area contributed by atoms with E-state index in [1.54, 1.807) is 57.2 Å². The highest BCUT2D eigenvalue weighted by atomic mass is 32.2. The molecular weight excluding hydrogens is 551 g/mol. The van der Waals surface area contributed by atoms with Gasteiger partial charge in [-0.1, -0.05) is 24.3 Å². The molecule has 0 radical (unpaired) electrons. The number of halogens is 3. The second-order valence-electron chi connectivity index (χ2n) is 9.73. The largest absolute Gasteiger partial charge is 0.493 e. The van der Waals surface area contributed by atoms with Gasteiger partial charge in [0.15, 0.2) is 11.5 Å². The van der Waals surface area contributed by atoms with Crippen molar-refractivity contribution in [2.45, 2.75) is 31.8 Å². The van der Waals surface area contributed by atoms with Crippen molar-refractivity contribution < 1.29 is 45.7 Å². The molecule has 0 spiro atoms. The molecule has 0 bridgehead atoms. The van der Waals surface area contributed by atoms with E-state index in [1.165, 1.54) is 14.2 Å². The Morgan fingerprint density at radius 3 is 2.20 bits per heavy atom. The van der Waals surface area contributed by atoms with Crippen LogP contribution < -0.4 is 18.5 Å². The van der Waals surface area contributed by atoms with Crippen LogP contribution in [0.15, 0.2) is 65.6 Å². The van der Waals surface area contributed by atoms with Crippen molar-refractivity contribution in [3.05, 3.63) is 66.2 Å². The van der Waals surface area contributed by atoms with Gasteiger partial charge < -0.3 is 19.3 Å². The zero-order valence-corrected chi connectivity index (χ0v) is 23.4. The molecule has 4 rings (SSSR count). The lowest BCUT2D eigenvalue weighted by Gasteiger charge is -2.31. The Kier molecular flexibility index (Phi) is 8.93. The number of anilines is 1. The summed E-state index contributed by atoms with van der Waals surface area (Å²) in [5.74, 6) is 0.510. The van der Waals surface area contributed by atoms with E-state index < -0.39 is 38.0 Å². The van der Waals surface area contributed by atoms with E-state index in [-0.39, 0.29) is 18.8 Å². The maximum absolute atomic E-state index is 13.4. The monoisotopic (exact) mass is 581 g/mol. The van der Waals surface area contributed by atoms with Gasteiger partial charge in [0.25, 0.3) is 10.0 Å². The van der Waals surface area contributed by atoms with Gasteiger partial charge >= 0.3 is 12.1 Å². The summed E-state index contributed by atoms with van der Waals surface area (Å²) in [6.07, 6.45) is -4.66. The summed E-state index contributed by atoms with van der Waals surface area (Å²) in [4.78, 5) is 9.57. The number of carbonyl (C=O) groups is 1. The van der Waals surface area contributed by atoms with Gasteiger partial charge in [0.1, 0.15) is 12.4 Å². The number of sulfonamides is 1. The molecule has 40 heavy (non-hydrogen) atoms. The Morgan fingerprint density at radius 1 is 0.975 bits per heavy atom. The SMILES string of the molecule is CC(C)(C)C(=O)O.COc1cccc(-c2ccc3c(c2)N(S(=O)(=O)c2cccc(C(F)(F)F)c2)CCO3)c1OC. The van der Waals surface area contributed by atoms with Crippen LogP contribution in [0.3, 0.4) is 0 Å². The van der Waals surface area contributed by atoms with Gasteiger partial charge in [0.05, 0.1) is 42.3 Å². The number of benzene rings is 3. The molecule has 216 valence electrons. The van der Waals surface area contributed by atoms with E-state index in [0.29, 0.717) is 34.4 Å². The Hall–Kier alpha value is -3.93. The summed E-state index contributed by atoms with van der Waals surface area (Å²) in [6, 6.07) is 14.0. The molecule has 1 aliphatic rings. The Labute approximate surface area is 231 Å². The van der Waals surface area contributed by atoms with E-state index in [9.17, 15) is 26.4 Å². The maximum atomic E-state index is 13.4. The van der Waals surface area contributed by atoms with Crippen LogP contribution in [-0.2, 0) is 21.0 Å². The minimum Gasteiger partial charge on any atom is -0.493 e. The molecule has 0 amide bonds. The van der Waals surface area contributed by atoms with Crippen LogP contribution in [0.2, 0.25) is 0 Å². The molecule has 0 saturated heterocycles. The molecule has 8 nitrogen and oxygen atoms in total. The number of carboxylic acids is 1. The molecule has 0 atom stereocenters. The molecule has 1 aliphatic heterocycles. The average Bonchev–Trinajstić information content (AvgIpc) is 2.91. The second kappa shape index (κ2) is 11.7. The highest BCUT2D eigenvalue weighted by Gasteiger charge is 2.35. The number of fused-ring (bicyclic) bond motifs is 1. The molecule has 0 aromatic heterocycles. The molecule has 1 heterocycles. The minimum absolute atomic E-state index is 0.0513. The quantitative estimate of drug-likeness (QED) is 0.389. The van der Waals surface area contributed by atoms with Gasteiger partial charge in [0.2, 0.25) is 0 Å². The highest BCUT2D eigenvalue weighted by molar-refractivity contribution is 7.92. The van der Waals surface area contributed by atoms with E-state index in [1.807, 2.05) is 0 Å². The Bertz CT molecular complexity index is 1480. The number of hydrogen-bond donors (Lipinski definition) is 1. The van der Waals surface area contributed by atoms with Gasteiger partial charge in [-0.05, 0) is 62.7 Å². The number of rotatable bonds is 5. The van der Waals surface area contributed by atoms with E-state index in [2.05, 4.69) is 0 Å². The molecule has 1 N–H and O–H groups in total.